The third-order valence-electron chi connectivity index (χ3n) is 7.10. The van der Waals surface area contributed by atoms with Crippen LogP contribution in [0.2, 0.25) is 0 Å². The van der Waals surface area contributed by atoms with Gasteiger partial charge in [-0.05, 0) is 67.6 Å². The molecule has 3 aromatic rings. The molecule has 0 radical (unpaired) electrons. The molecule has 0 unspecified atom stereocenters. The van der Waals surface area contributed by atoms with Crippen molar-refractivity contribution < 1.29 is 14.3 Å². The van der Waals surface area contributed by atoms with Crippen LogP contribution in [-0.2, 0) is 9.47 Å². The summed E-state index contributed by atoms with van der Waals surface area (Å²) in [6.45, 7) is 9.23. The Morgan fingerprint density at radius 1 is 1.11 bits per heavy atom. The van der Waals surface area contributed by atoms with Crippen LogP contribution in [0.1, 0.15) is 35.7 Å². The Kier molecular flexibility index (Phi) is 6.88. The number of aromatic nitrogens is 1. The first-order chi connectivity index (χ1) is 17.0. The summed E-state index contributed by atoms with van der Waals surface area (Å²) in [7, 11) is 0. The third-order valence-corrected chi connectivity index (χ3v) is 7.10. The Morgan fingerprint density at radius 3 is 2.63 bits per heavy atom. The fraction of sp³-hybridized carbons (Fsp3) is 0.429. The van der Waals surface area contributed by atoms with Crippen molar-refractivity contribution in [1.82, 2.24) is 9.88 Å². The number of nitrogen functional groups attached to an aromatic ring is 1. The minimum atomic E-state index is 0.0863. The molecule has 2 aromatic carbocycles. The molecule has 0 saturated carbocycles. The number of fused-ring (bicyclic) bond motifs is 1. The number of hydrogen-bond donors (Lipinski definition) is 1. The van der Waals surface area contributed by atoms with Crippen LogP contribution in [0.3, 0.4) is 0 Å². The van der Waals surface area contributed by atoms with E-state index in [9.17, 15) is 4.79 Å². The number of pyridine rings is 1. The van der Waals surface area contributed by atoms with Gasteiger partial charge in [0.15, 0.2) is 0 Å². The van der Waals surface area contributed by atoms with Gasteiger partial charge in [0, 0.05) is 43.7 Å². The summed E-state index contributed by atoms with van der Waals surface area (Å²) in [6.07, 6.45) is 2.02. The summed E-state index contributed by atoms with van der Waals surface area (Å²) in [6, 6.07) is 14.3. The summed E-state index contributed by atoms with van der Waals surface area (Å²) in [5.41, 5.74) is 11.9. The highest BCUT2D eigenvalue weighted by Crippen LogP contribution is 2.34. The van der Waals surface area contributed by atoms with Gasteiger partial charge in [-0.25, -0.2) is 4.98 Å². The fourth-order valence-corrected chi connectivity index (χ4v) is 5.25. The first-order valence-corrected chi connectivity index (χ1v) is 12.6. The first kappa shape index (κ1) is 23.6. The van der Waals surface area contributed by atoms with Crippen LogP contribution >= 0.6 is 0 Å². The molecule has 5 rings (SSSR count). The van der Waals surface area contributed by atoms with Crippen LogP contribution in [0.15, 0.2) is 42.5 Å². The van der Waals surface area contributed by atoms with E-state index in [1.807, 2.05) is 36.1 Å². The molecule has 2 aliphatic heterocycles. The van der Waals surface area contributed by atoms with Crippen molar-refractivity contribution in [2.75, 3.05) is 56.6 Å². The number of carbonyl (C=O) groups excluding carboxylic acids is 1. The lowest BCUT2D eigenvalue weighted by molar-refractivity contribution is 0.0146. The van der Waals surface area contributed by atoms with Crippen LogP contribution in [0.5, 0.6) is 0 Å². The number of rotatable bonds is 5. The van der Waals surface area contributed by atoms with Crippen LogP contribution in [0, 0.1) is 6.92 Å². The van der Waals surface area contributed by atoms with Crippen molar-refractivity contribution in [1.29, 1.82) is 0 Å². The lowest BCUT2D eigenvalue weighted by atomic mass is 9.92. The number of piperidine rings is 1. The monoisotopic (exact) mass is 474 g/mol. The lowest BCUT2D eigenvalue weighted by Crippen LogP contribution is -2.41. The molecule has 2 saturated heterocycles. The van der Waals surface area contributed by atoms with Crippen LogP contribution < -0.4 is 10.6 Å². The van der Waals surface area contributed by atoms with Crippen molar-refractivity contribution in [2.45, 2.75) is 32.8 Å². The largest absolute Gasteiger partial charge is 0.382 e. The molecular weight excluding hydrogens is 440 g/mol. The molecule has 35 heavy (non-hydrogen) atoms. The van der Waals surface area contributed by atoms with Gasteiger partial charge in [0.1, 0.15) is 5.82 Å². The number of morpholine rings is 1. The number of likely N-dealkylation sites (tertiary alicyclic amines) is 1. The highest BCUT2D eigenvalue weighted by molar-refractivity contribution is 6.03. The molecule has 1 aromatic heterocycles. The van der Waals surface area contributed by atoms with Gasteiger partial charge in [-0.1, -0.05) is 18.2 Å². The molecule has 7 nitrogen and oxygen atoms in total. The second-order valence-electron chi connectivity index (χ2n) is 9.34. The van der Waals surface area contributed by atoms with Gasteiger partial charge in [-0.2, -0.15) is 0 Å². The lowest BCUT2D eigenvalue weighted by Gasteiger charge is -2.32. The number of nitrogens with zero attached hydrogens (tertiary/aromatic N) is 3. The second kappa shape index (κ2) is 10.2. The smallest absolute Gasteiger partial charge is 0.254 e. The number of aryl methyl sites for hydroxylation is 1. The minimum absolute atomic E-state index is 0.0863. The quantitative estimate of drug-likeness (QED) is 0.595. The Labute approximate surface area is 206 Å². The number of hydrogen-bond acceptors (Lipinski definition) is 6. The highest BCUT2D eigenvalue weighted by Gasteiger charge is 2.26. The van der Waals surface area contributed by atoms with Crippen molar-refractivity contribution in [2.24, 2.45) is 0 Å². The van der Waals surface area contributed by atoms with Gasteiger partial charge in [0.05, 0.1) is 30.5 Å². The maximum atomic E-state index is 13.6. The van der Waals surface area contributed by atoms with E-state index in [4.69, 9.17) is 15.2 Å². The number of ether oxygens (including phenoxy) is 2. The van der Waals surface area contributed by atoms with Crippen LogP contribution in [0.4, 0.5) is 11.5 Å². The fourth-order valence-electron chi connectivity index (χ4n) is 5.25. The maximum absolute atomic E-state index is 13.6. The molecule has 3 heterocycles. The number of carbonyl (C=O) groups is 1. The first-order valence-electron chi connectivity index (χ1n) is 12.6. The highest BCUT2D eigenvalue weighted by atomic mass is 16.5. The van der Waals surface area contributed by atoms with Crippen molar-refractivity contribution in [3.63, 3.8) is 0 Å². The van der Waals surface area contributed by atoms with Gasteiger partial charge in [-0.3, -0.25) is 4.79 Å². The summed E-state index contributed by atoms with van der Waals surface area (Å²) in [4.78, 5) is 22.5. The van der Waals surface area contributed by atoms with Crippen LogP contribution in [0.25, 0.3) is 22.0 Å². The topological polar surface area (TPSA) is 80.9 Å². The molecule has 2 fully saturated rings. The van der Waals surface area contributed by atoms with Gasteiger partial charge in [0.25, 0.3) is 5.91 Å². The van der Waals surface area contributed by atoms with E-state index < -0.39 is 0 Å². The molecule has 0 spiro atoms. The summed E-state index contributed by atoms with van der Waals surface area (Å²) in [5, 5.41) is 1.01. The summed E-state index contributed by atoms with van der Waals surface area (Å²) < 4.78 is 11.3. The van der Waals surface area contributed by atoms with E-state index in [0.29, 0.717) is 19.0 Å². The van der Waals surface area contributed by atoms with Gasteiger partial charge >= 0.3 is 0 Å². The second-order valence-corrected chi connectivity index (χ2v) is 9.34. The SMILES string of the molecule is CCOC1CCN(C(=O)c2cccc(C)c2-c2ccc3nc(N)c(N4CCOCC4)cc3c2)CC1. The average Bonchev–Trinajstić information content (AvgIpc) is 2.89. The van der Waals surface area contributed by atoms with Gasteiger partial charge in [0.2, 0.25) is 0 Å². The zero-order valence-electron chi connectivity index (χ0n) is 20.6. The number of amides is 1. The van der Waals surface area contributed by atoms with Crippen molar-refractivity contribution >= 4 is 28.3 Å². The van der Waals surface area contributed by atoms with Crippen LogP contribution in [-0.4, -0.2) is 67.9 Å². The molecule has 0 atom stereocenters. The number of anilines is 2. The Morgan fingerprint density at radius 2 is 1.89 bits per heavy atom. The Bertz CT molecular complexity index is 1210. The van der Waals surface area contributed by atoms with E-state index >= 15 is 0 Å². The number of nitrogens with two attached hydrogens (primary N) is 1. The third kappa shape index (κ3) is 4.83. The zero-order chi connectivity index (χ0) is 24.4. The summed E-state index contributed by atoms with van der Waals surface area (Å²) >= 11 is 0. The molecule has 0 aliphatic carbocycles. The van der Waals surface area contributed by atoms with E-state index in [0.717, 1.165) is 84.5 Å². The predicted octanol–water partition coefficient (Wildman–Crippen LogP) is 4.27. The maximum Gasteiger partial charge on any atom is 0.254 e. The zero-order valence-corrected chi connectivity index (χ0v) is 20.6. The van der Waals surface area contributed by atoms with E-state index in [-0.39, 0.29) is 12.0 Å². The summed E-state index contributed by atoms with van der Waals surface area (Å²) in [5.74, 6) is 0.623. The minimum Gasteiger partial charge on any atom is -0.382 e. The molecule has 2 N–H and O–H groups in total. The standard InChI is InChI=1S/C28H34N4O3/c1-3-35-22-9-11-32(12-10-22)28(33)23-6-4-5-19(2)26(23)20-7-8-24-21(17-20)18-25(27(29)30-24)31-13-15-34-16-14-31/h4-8,17-18,22H,3,9-16H2,1-2H3,(H2,29,30). The molecule has 7 heteroatoms. The van der Waals surface area contributed by atoms with Crippen molar-refractivity contribution in [3.05, 3.63) is 53.6 Å². The van der Waals surface area contributed by atoms with E-state index in [1.54, 1.807) is 0 Å². The molecule has 184 valence electrons. The van der Waals surface area contributed by atoms with Gasteiger partial charge < -0.3 is 25.0 Å². The number of benzene rings is 2. The van der Waals surface area contributed by atoms with Crippen molar-refractivity contribution in [3.8, 4) is 11.1 Å². The predicted molar refractivity (Wildman–Crippen MR) is 140 cm³/mol. The molecule has 2 aliphatic rings. The Hall–Kier alpha value is -3.16. The normalized spacial score (nSPS) is 17.2. The molecular formula is C28H34N4O3. The Balaban J connectivity index is 1.48. The van der Waals surface area contributed by atoms with Gasteiger partial charge in [-0.15, -0.1) is 0 Å². The molecule has 1 amide bonds. The average molecular weight is 475 g/mol. The molecule has 0 bridgehead atoms. The van der Waals surface area contributed by atoms with E-state index in [2.05, 4.69) is 35.0 Å². The van der Waals surface area contributed by atoms with E-state index in [1.165, 1.54) is 0 Å².